The molecule has 0 bridgehead atoms. The molecule has 242 valence electrons. The second-order valence-corrected chi connectivity index (χ2v) is 13.0. The topological polar surface area (TPSA) is 332 Å². The molecule has 0 spiro atoms. The van der Waals surface area contributed by atoms with Crippen LogP contribution >= 0.6 is 15.6 Å². The molecule has 45 heavy (non-hydrogen) atoms. The maximum absolute atomic E-state index is 13.1. The van der Waals surface area contributed by atoms with Gasteiger partial charge >= 0.3 is 21.3 Å². The molecule has 0 aliphatic carbocycles. The molecule has 0 radical (unpaired) electrons. The van der Waals surface area contributed by atoms with Gasteiger partial charge in [0.15, 0.2) is 24.0 Å². The summed E-state index contributed by atoms with van der Waals surface area (Å²) in [5, 5.41) is 22.3. The summed E-state index contributed by atoms with van der Waals surface area (Å²) in [4.78, 5) is 54.4. The van der Waals surface area contributed by atoms with Crippen molar-refractivity contribution in [3.05, 3.63) is 29.3 Å². The van der Waals surface area contributed by atoms with E-state index >= 15 is 0 Å². The molecular weight excluding hydrogens is 650 g/mol. The number of aliphatic hydroxyl groups is 2. The second-order valence-electron chi connectivity index (χ2n) is 10.2. The number of phosphoric acid groups is 2. The predicted octanol–water partition coefficient (Wildman–Crippen LogP) is -2.92. The number of ether oxygens (including phenoxy) is 2. The Morgan fingerprint density at radius 2 is 1.64 bits per heavy atom. The lowest BCUT2D eigenvalue weighted by Crippen LogP contribution is -2.46. The van der Waals surface area contributed by atoms with E-state index in [1.165, 1.54) is 21.8 Å². The summed E-state index contributed by atoms with van der Waals surface area (Å²) < 4.78 is 61.0. The molecule has 4 aromatic heterocycles. The molecule has 4 aromatic rings. The maximum Gasteiger partial charge on any atom is 0.472 e. The van der Waals surface area contributed by atoms with Crippen LogP contribution in [-0.2, 0) is 36.7 Å². The van der Waals surface area contributed by atoms with E-state index in [0.29, 0.717) is 0 Å². The van der Waals surface area contributed by atoms with Gasteiger partial charge in [-0.05, 0) is 0 Å². The van der Waals surface area contributed by atoms with Crippen LogP contribution in [0.25, 0.3) is 22.3 Å². The number of aromatic amines is 2. The lowest BCUT2D eigenvalue weighted by molar-refractivity contribution is -0.745. The molecule has 3 aliphatic rings. The van der Waals surface area contributed by atoms with Crippen molar-refractivity contribution in [2.75, 3.05) is 24.7 Å². The number of fused-ring (bicyclic) bond motifs is 4. The number of hydrogen-bond acceptors (Lipinski definition) is 17. The lowest BCUT2D eigenvalue weighted by Gasteiger charge is -2.27. The van der Waals surface area contributed by atoms with Crippen LogP contribution in [0.4, 0.5) is 11.8 Å². The zero-order valence-electron chi connectivity index (χ0n) is 22.5. The van der Waals surface area contributed by atoms with Crippen LogP contribution in [0.2, 0.25) is 0 Å². The van der Waals surface area contributed by atoms with E-state index in [2.05, 4.69) is 29.9 Å². The van der Waals surface area contributed by atoms with Crippen LogP contribution in [0.1, 0.15) is 12.5 Å². The molecule has 3 fully saturated rings. The van der Waals surface area contributed by atoms with Gasteiger partial charge in [0.25, 0.3) is 11.5 Å². The first-order chi connectivity index (χ1) is 21.3. The molecule has 23 nitrogen and oxygen atoms in total. The zero-order valence-corrected chi connectivity index (χ0v) is 24.2. The summed E-state index contributed by atoms with van der Waals surface area (Å²) in [7, 11) is -10.1. The molecule has 2 unspecified atom stereocenters. The largest absolute Gasteiger partial charge is 0.472 e. The van der Waals surface area contributed by atoms with Crippen LogP contribution in [0, 0.1) is 0 Å². The normalized spacial score (nSPS) is 37.7. The average Bonchev–Trinajstić information content (AvgIpc) is 3.72. The molecule has 10 atom stereocenters. The number of rotatable bonds is 2. The summed E-state index contributed by atoms with van der Waals surface area (Å²) in [5.74, 6) is -0.208. The molecule has 25 heteroatoms. The van der Waals surface area contributed by atoms with Crippen molar-refractivity contribution in [2.45, 2.75) is 49.1 Å². The number of nitrogens with one attached hydrogen (secondary N) is 2. The number of nitrogens with zero attached hydrogens (tertiary/aromatic N) is 6. The van der Waals surface area contributed by atoms with Crippen molar-refractivity contribution in [2.24, 2.45) is 0 Å². The highest BCUT2D eigenvalue weighted by Gasteiger charge is 2.54. The molecule has 3 aliphatic heterocycles. The number of nitrogen functional groups attached to an aromatic ring is 2. The van der Waals surface area contributed by atoms with E-state index in [1.807, 2.05) is 0 Å². The van der Waals surface area contributed by atoms with Crippen molar-refractivity contribution in [1.29, 1.82) is 0 Å². The first kappa shape index (κ1) is 30.2. The number of phosphoric ester groups is 2. The molecule has 0 saturated carbocycles. The minimum atomic E-state index is -5.05. The van der Waals surface area contributed by atoms with E-state index in [4.69, 9.17) is 39.0 Å². The fraction of sp³-hybridized carbons (Fsp3) is 0.500. The third-order valence-electron chi connectivity index (χ3n) is 7.38. The van der Waals surface area contributed by atoms with Gasteiger partial charge in [0.1, 0.15) is 48.5 Å². The third-order valence-corrected chi connectivity index (χ3v) is 9.35. The first-order valence-corrected chi connectivity index (χ1v) is 16.0. The van der Waals surface area contributed by atoms with Crippen molar-refractivity contribution < 1.29 is 61.3 Å². The van der Waals surface area contributed by atoms with Gasteiger partial charge in [-0.2, -0.15) is 0 Å². The monoisotopic (exact) mass is 675 g/mol. The van der Waals surface area contributed by atoms with E-state index in [1.54, 1.807) is 0 Å². The lowest BCUT2D eigenvalue weighted by atomic mass is 10.1. The highest BCUT2D eigenvalue weighted by Crippen LogP contribution is 2.53. The second kappa shape index (κ2) is 10.8. The van der Waals surface area contributed by atoms with Crippen LogP contribution in [0.15, 0.2) is 23.8 Å². The number of nitrogens with two attached hydrogens (primary N) is 2. The summed E-state index contributed by atoms with van der Waals surface area (Å²) in [6.45, 7) is -1.64. The van der Waals surface area contributed by atoms with Gasteiger partial charge in [0, 0.05) is 0 Å². The van der Waals surface area contributed by atoms with Gasteiger partial charge in [-0.15, -0.1) is 0 Å². The number of imidazole rings is 2. The molecule has 0 amide bonds. The fourth-order valence-corrected chi connectivity index (χ4v) is 7.30. The number of aromatic nitrogens is 8. The van der Waals surface area contributed by atoms with E-state index in [9.17, 15) is 33.9 Å². The number of anilines is 2. The van der Waals surface area contributed by atoms with Gasteiger partial charge in [-0.1, -0.05) is 4.98 Å². The van der Waals surface area contributed by atoms with Gasteiger partial charge in [-0.3, -0.25) is 37.4 Å². The Hall–Kier alpha value is -3.44. The molecule has 10 N–H and O–H groups in total. The standard InChI is InChI=1S/C20H24N10O13P2/c21-14-8-15(24-3-23-14)29(4-25-8)18-10(31)12-6(40-18)1-38-45(36,37)43-13-7(2-39-44(34,35)42-12)41-19(11(13)32)30-5-26-9-16(30)27-20(22)28-17(9)33/h3-7,10-13,18-19,31-32H,1-2H2,(H7,21,22,23,24,27,28,33,34,35,36,37)/p+1/t6-,7-,10-,11-,12-,13-,18-,19-/m1/s1. The van der Waals surface area contributed by atoms with Crippen LogP contribution in [0.5, 0.6) is 0 Å². The van der Waals surface area contributed by atoms with Gasteiger partial charge in [0.2, 0.25) is 11.7 Å². The van der Waals surface area contributed by atoms with E-state index in [-0.39, 0.29) is 34.1 Å². The Bertz CT molecular complexity index is 1940. The summed E-state index contributed by atoms with van der Waals surface area (Å²) in [5.41, 5.74) is 11.1. The fourth-order valence-electron chi connectivity index (χ4n) is 5.37. The van der Waals surface area contributed by atoms with Crippen LogP contribution < -0.4 is 21.6 Å². The molecule has 3 saturated heterocycles. The van der Waals surface area contributed by atoms with Gasteiger partial charge in [0.05, 0.1) is 19.5 Å². The average molecular weight is 675 g/mol. The summed E-state index contributed by atoms with van der Waals surface area (Å²) in [6, 6.07) is 0. The molecular formula is C20H25N10O13P2+. The minimum absolute atomic E-state index is 0.0320. The highest BCUT2D eigenvalue weighted by atomic mass is 31.2. The van der Waals surface area contributed by atoms with Crippen molar-refractivity contribution in [3.63, 3.8) is 0 Å². The number of H-pyrrole nitrogens is 2. The van der Waals surface area contributed by atoms with Gasteiger partial charge in [-0.25, -0.2) is 28.6 Å². The number of aliphatic hydroxyl groups excluding tert-OH is 2. The number of hydrogen-bond donors (Lipinski definition) is 8. The quantitative estimate of drug-likeness (QED) is 0.0779. The Morgan fingerprint density at radius 1 is 0.978 bits per heavy atom. The van der Waals surface area contributed by atoms with Crippen molar-refractivity contribution in [1.82, 2.24) is 34.5 Å². The third kappa shape index (κ3) is 5.31. The van der Waals surface area contributed by atoms with Crippen LogP contribution in [-0.4, -0.2) is 104 Å². The molecule has 7 heterocycles. The van der Waals surface area contributed by atoms with E-state index in [0.717, 1.165) is 6.33 Å². The van der Waals surface area contributed by atoms with Crippen molar-refractivity contribution in [3.8, 4) is 0 Å². The van der Waals surface area contributed by atoms with E-state index < -0.39 is 83.5 Å². The smallest absolute Gasteiger partial charge is 0.386 e. The Labute approximate surface area is 248 Å². The zero-order chi connectivity index (χ0) is 31.8. The Balaban J connectivity index is 1.17. The first-order valence-electron chi connectivity index (χ1n) is 13.0. The Kier molecular flexibility index (Phi) is 7.27. The summed E-state index contributed by atoms with van der Waals surface area (Å²) in [6.07, 6.45) is -8.88. The highest BCUT2D eigenvalue weighted by molar-refractivity contribution is 7.47. The SMILES string of the molecule is Nc1nc2c([nH]c[n+]2[C@@H]2O[C@@H]3COP(=O)(O)O[C@H]4[C@@H](O)[C@H](n5cnc6c(N)ncnc65)O[C@@H]4COP(=O)(O)O[C@H]3[C@H]2O)c(=O)[nH]1. The maximum atomic E-state index is 13.1. The summed E-state index contributed by atoms with van der Waals surface area (Å²) >= 11 is 0. The predicted molar refractivity (Wildman–Crippen MR) is 142 cm³/mol. The Morgan fingerprint density at radius 3 is 2.36 bits per heavy atom. The minimum Gasteiger partial charge on any atom is -0.386 e. The van der Waals surface area contributed by atoms with Gasteiger partial charge < -0.3 is 40.9 Å². The van der Waals surface area contributed by atoms with Crippen LogP contribution in [0.3, 0.4) is 0 Å². The molecule has 7 rings (SSSR count). The van der Waals surface area contributed by atoms with Crippen molar-refractivity contribution >= 4 is 49.7 Å². The molecule has 0 aromatic carbocycles.